The molecular weight excluding hydrogens is 268 g/mol. The lowest BCUT2D eigenvalue weighted by Gasteiger charge is -2.32. The van der Waals surface area contributed by atoms with E-state index >= 15 is 0 Å². The molecule has 0 aliphatic carbocycles. The van der Waals surface area contributed by atoms with Crippen LogP contribution in [-0.4, -0.2) is 20.4 Å². The lowest BCUT2D eigenvalue weighted by Crippen LogP contribution is -2.23. The quantitative estimate of drug-likeness (QED) is 0.692. The average molecular weight is 288 g/mol. The van der Waals surface area contributed by atoms with Crippen molar-refractivity contribution in [3.05, 3.63) is 47.5 Å². The van der Waals surface area contributed by atoms with Crippen molar-refractivity contribution >= 4 is 0 Å². The van der Waals surface area contributed by atoms with Gasteiger partial charge in [-0.25, -0.2) is 0 Å². The van der Waals surface area contributed by atoms with Gasteiger partial charge in [-0.05, 0) is 18.6 Å². The molecule has 0 aliphatic heterocycles. The van der Waals surface area contributed by atoms with E-state index in [1.54, 1.807) is 12.1 Å². The summed E-state index contributed by atoms with van der Waals surface area (Å²) in [4.78, 5) is 0. The highest BCUT2D eigenvalue weighted by atomic mass is 16.3. The number of phenolic OH excluding ortho intramolecular Hbond substituents is 4. The van der Waals surface area contributed by atoms with Gasteiger partial charge in [-0.15, -0.1) is 0 Å². The molecule has 0 fully saturated rings. The molecule has 0 unspecified atom stereocenters. The predicted octanol–water partition coefficient (Wildman–Crippen LogP) is 3.62. The van der Waals surface area contributed by atoms with E-state index in [1.807, 2.05) is 13.8 Å². The summed E-state index contributed by atoms with van der Waals surface area (Å²) in [6, 6.07) is 8.93. The smallest absolute Gasteiger partial charge is 0.123 e. The van der Waals surface area contributed by atoms with Gasteiger partial charge in [-0.3, -0.25) is 0 Å². The Hall–Kier alpha value is -2.36. The van der Waals surface area contributed by atoms with Crippen molar-refractivity contribution in [1.29, 1.82) is 0 Å². The van der Waals surface area contributed by atoms with E-state index in [0.29, 0.717) is 17.5 Å². The van der Waals surface area contributed by atoms with Gasteiger partial charge in [0.15, 0.2) is 0 Å². The van der Waals surface area contributed by atoms with Gasteiger partial charge in [0.2, 0.25) is 0 Å². The first-order chi connectivity index (χ1) is 9.88. The van der Waals surface area contributed by atoms with Crippen molar-refractivity contribution in [2.24, 2.45) is 0 Å². The Kier molecular flexibility index (Phi) is 3.98. The van der Waals surface area contributed by atoms with Crippen LogP contribution in [0.3, 0.4) is 0 Å². The summed E-state index contributed by atoms with van der Waals surface area (Å²) >= 11 is 0. The first-order valence-corrected chi connectivity index (χ1v) is 6.93. The van der Waals surface area contributed by atoms with Gasteiger partial charge in [-0.2, -0.15) is 0 Å². The summed E-state index contributed by atoms with van der Waals surface area (Å²) in [7, 11) is 0. The number of hydrogen-bond acceptors (Lipinski definition) is 4. The molecule has 2 aromatic carbocycles. The Labute approximate surface area is 123 Å². The van der Waals surface area contributed by atoms with Crippen molar-refractivity contribution in [3.8, 4) is 23.0 Å². The second-order valence-corrected chi connectivity index (χ2v) is 5.49. The Morgan fingerprint density at radius 1 is 0.810 bits per heavy atom. The number of benzene rings is 2. The summed E-state index contributed by atoms with van der Waals surface area (Å²) in [5, 5.41) is 39.2. The maximum atomic E-state index is 10.2. The molecule has 21 heavy (non-hydrogen) atoms. The largest absolute Gasteiger partial charge is 0.508 e. The van der Waals surface area contributed by atoms with Gasteiger partial charge in [0.25, 0.3) is 0 Å². The summed E-state index contributed by atoms with van der Waals surface area (Å²) in [5.74, 6) is -0.0492. The Balaban J connectivity index is 2.64. The van der Waals surface area contributed by atoms with Gasteiger partial charge >= 0.3 is 0 Å². The molecule has 0 amide bonds. The molecule has 0 saturated heterocycles. The molecule has 0 saturated carbocycles. The van der Waals surface area contributed by atoms with Crippen molar-refractivity contribution in [1.82, 2.24) is 0 Å². The summed E-state index contributed by atoms with van der Waals surface area (Å²) in [5.41, 5.74) is 0.635. The van der Waals surface area contributed by atoms with Crippen LogP contribution in [0, 0.1) is 0 Å². The maximum absolute atomic E-state index is 10.2. The van der Waals surface area contributed by atoms with Crippen LogP contribution in [0.15, 0.2) is 36.4 Å². The average Bonchev–Trinajstić information content (AvgIpc) is 2.38. The SMILES string of the molecule is CCCC(C)(c1ccc(O)cc1O)c1ccc(O)cc1O. The zero-order chi connectivity index (χ0) is 15.6. The van der Waals surface area contributed by atoms with Crippen LogP contribution in [0.2, 0.25) is 0 Å². The molecular formula is C17H20O4. The van der Waals surface area contributed by atoms with Crippen LogP contribution in [-0.2, 0) is 5.41 Å². The van der Waals surface area contributed by atoms with Crippen LogP contribution in [0.25, 0.3) is 0 Å². The Morgan fingerprint density at radius 2 is 1.24 bits per heavy atom. The molecule has 0 aromatic heterocycles. The Morgan fingerprint density at radius 3 is 1.57 bits per heavy atom. The van der Waals surface area contributed by atoms with Gasteiger partial charge in [0.1, 0.15) is 23.0 Å². The highest BCUT2D eigenvalue weighted by Gasteiger charge is 2.33. The maximum Gasteiger partial charge on any atom is 0.123 e. The van der Waals surface area contributed by atoms with Crippen molar-refractivity contribution in [2.75, 3.05) is 0 Å². The van der Waals surface area contributed by atoms with Crippen LogP contribution in [0.1, 0.15) is 37.8 Å². The minimum atomic E-state index is -0.621. The predicted molar refractivity (Wildman–Crippen MR) is 80.9 cm³/mol. The van der Waals surface area contributed by atoms with E-state index in [0.717, 1.165) is 6.42 Å². The molecule has 0 atom stereocenters. The highest BCUT2D eigenvalue weighted by Crippen LogP contribution is 2.45. The minimum absolute atomic E-state index is 0.00923. The third-order valence-electron chi connectivity index (χ3n) is 3.90. The summed E-state index contributed by atoms with van der Waals surface area (Å²) in [6.45, 7) is 3.95. The lowest BCUT2D eigenvalue weighted by molar-refractivity contribution is 0.403. The van der Waals surface area contributed by atoms with E-state index in [9.17, 15) is 20.4 Å². The molecule has 0 bridgehead atoms. The lowest BCUT2D eigenvalue weighted by atomic mass is 9.72. The molecule has 2 rings (SSSR count). The van der Waals surface area contributed by atoms with E-state index in [-0.39, 0.29) is 23.0 Å². The monoisotopic (exact) mass is 288 g/mol. The number of hydrogen-bond donors (Lipinski definition) is 4. The number of rotatable bonds is 4. The van der Waals surface area contributed by atoms with Crippen LogP contribution in [0.5, 0.6) is 23.0 Å². The van der Waals surface area contributed by atoms with E-state index in [4.69, 9.17) is 0 Å². The second kappa shape index (κ2) is 5.56. The zero-order valence-electron chi connectivity index (χ0n) is 12.2. The fourth-order valence-corrected chi connectivity index (χ4v) is 2.89. The minimum Gasteiger partial charge on any atom is -0.508 e. The Bertz CT molecular complexity index is 598. The molecule has 112 valence electrons. The molecule has 4 nitrogen and oxygen atoms in total. The molecule has 0 heterocycles. The standard InChI is InChI=1S/C17H20O4/c1-3-8-17(2,13-6-4-11(18)9-15(13)20)14-7-5-12(19)10-16(14)21/h4-7,9-10,18-21H,3,8H2,1-2H3. The third-order valence-corrected chi connectivity index (χ3v) is 3.90. The van der Waals surface area contributed by atoms with Gasteiger partial charge in [0.05, 0.1) is 0 Å². The highest BCUT2D eigenvalue weighted by molar-refractivity contribution is 5.53. The first-order valence-electron chi connectivity index (χ1n) is 6.93. The van der Waals surface area contributed by atoms with Crippen LogP contribution in [0.4, 0.5) is 0 Å². The third kappa shape index (κ3) is 2.75. The van der Waals surface area contributed by atoms with Crippen molar-refractivity contribution < 1.29 is 20.4 Å². The normalized spacial score (nSPS) is 11.5. The number of aromatic hydroxyl groups is 4. The second-order valence-electron chi connectivity index (χ2n) is 5.49. The molecule has 2 aromatic rings. The topological polar surface area (TPSA) is 80.9 Å². The van der Waals surface area contributed by atoms with E-state index in [1.165, 1.54) is 24.3 Å². The first kappa shape index (κ1) is 15.0. The fourth-order valence-electron chi connectivity index (χ4n) is 2.89. The zero-order valence-corrected chi connectivity index (χ0v) is 12.2. The van der Waals surface area contributed by atoms with E-state index < -0.39 is 5.41 Å². The molecule has 0 radical (unpaired) electrons. The van der Waals surface area contributed by atoms with Crippen molar-refractivity contribution in [2.45, 2.75) is 32.1 Å². The van der Waals surface area contributed by atoms with Crippen LogP contribution >= 0.6 is 0 Å². The van der Waals surface area contributed by atoms with Gasteiger partial charge < -0.3 is 20.4 Å². The molecule has 0 aliphatic rings. The van der Waals surface area contributed by atoms with Gasteiger partial charge in [0, 0.05) is 28.7 Å². The fraction of sp³-hybridized carbons (Fsp3) is 0.294. The molecule has 0 spiro atoms. The summed E-state index contributed by atoms with van der Waals surface area (Å²) < 4.78 is 0. The molecule has 4 heteroatoms. The van der Waals surface area contributed by atoms with Crippen LogP contribution < -0.4 is 0 Å². The summed E-state index contributed by atoms with van der Waals surface area (Å²) in [6.07, 6.45) is 1.54. The number of phenols is 4. The molecule has 4 N–H and O–H groups in total. The van der Waals surface area contributed by atoms with E-state index in [2.05, 4.69) is 0 Å². The van der Waals surface area contributed by atoms with Crippen molar-refractivity contribution in [3.63, 3.8) is 0 Å². The van der Waals surface area contributed by atoms with Gasteiger partial charge in [-0.1, -0.05) is 32.4 Å².